The normalized spacial score (nSPS) is 11.7. The van der Waals surface area contributed by atoms with Gasteiger partial charge >= 0.3 is 6.18 Å². The van der Waals surface area contributed by atoms with E-state index in [0.717, 1.165) is 19.0 Å². The van der Waals surface area contributed by atoms with Crippen molar-refractivity contribution in [1.29, 1.82) is 0 Å². The average Bonchev–Trinajstić information content (AvgIpc) is 2.74. The highest BCUT2D eigenvalue weighted by Gasteiger charge is 2.32. The first kappa shape index (κ1) is 23.2. The second kappa shape index (κ2) is 9.77. The number of nitrogens with zero attached hydrogens (tertiary/aromatic N) is 4. The molecular weight excluding hydrogens is 425 g/mol. The lowest BCUT2D eigenvalue weighted by Gasteiger charge is -2.16. The second-order valence-corrected chi connectivity index (χ2v) is 7.44. The fourth-order valence-corrected chi connectivity index (χ4v) is 3.13. The number of alkyl halides is 3. The first-order chi connectivity index (χ1) is 15.1. The van der Waals surface area contributed by atoms with Crippen molar-refractivity contribution in [3.05, 3.63) is 63.7 Å². The molecule has 170 valence electrons. The Morgan fingerprint density at radius 1 is 1.03 bits per heavy atom. The molecule has 0 bridgehead atoms. The predicted molar refractivity (Wildman–Crippen MR) is 117 cm³/mol. The summed E-state index contributed by atoms with van der Waals surface area (Å²) >= 11 is 0. The Bertz CT molecular complexity index is 1100. The molecule has 3 rings (SSSR count). The topological polar surface area (TPSA) is 96.2 Å². The molecule has 1 aromatic heterocycles. The minimum absolute atomic E-state index is 0.0733. The highest BCUT2D eigenvalue weighted by Crippen LogP contribution is 2.32. The third kappa shape index (κ3) is 5.82. The molecule has 0 aliphatic rings. The lowest BCUT2D eigenvalue weighted by molar-refractivity contribution is -0.384. The molecule has 0 unspecified atom stereocenters. The molecule has 0 radical (unpaired) electrons. The lowest BCUT2D eigenvalue weighted by atomic mass is 10.1. The number of aromatic nitrogens is 2. The van der Waals surface area contributed by atoms with Gasteiger partial charge in [-0.15, -0.1) is 0 Å². The van der Waals surface area contributed by atoms with Gasteiger partial charge in [0, 0.05) is 25.2 Å². The van der Waals surface area contributed by atoms with Gasteiger partial charge in [-0.1, -0.05) is 18.2 Å². The van der Waals surface area contributed by atoms with Crippen LogP contribution in [-0.2, 0) is 12.7 Å². The first-order valence-corrected chi connectivity index (χ1v) is 9.89. The zero-order valence-electron chi connectivity index (χ0n) is 17.6. The molecule has 0 atom stereocenters. The average molecular weight is 448 g/mol. The number of halogens is 3. The van der Waals surface area contributed by atoms with E-state index in [2.05, 4.69) is 20.6 Å². The van der Waals surface area contributed by atoms with E-state index in [4.69, 9.17) is 0 Å². The number of nitro groups is 1. The van der Waals surface area contributed by atoms with E-state index in [9.17, 15) is 23.3 Å². The number of nitro benzene ring substituents is 1. The molecule has 32 heavy (non-hydrogen) atoms. The van der Waals surface area contributed by atoms with Crippen LogP contribution in [-0.4, -0.2) is 47.0 Å². The summed E-state index contributed by atoms with van der Waals surface area (Å²) in [5.74, 6) is 0.592. The third-order valence-corrected chi connectivity index (χ3v) is 4.70. The van der Waals surface area contributed by atoms with Gasteiger partial charge in [0.15, 0.2) is 11.6 Å². The van der Waals surface area contributed by atoms with Crippen LogP contribution in [0.4, 0.5) is 30.5 Å². The fourth-order valence-electron chi connectivity index (χ4n) is 3.13. The molecule has 0 aliphatic heterocycles. The van der Waals surface area contributed by atoms with Crippen LogP contribution in [0, 0.1) is 10.1 Å². The molecule has 0 saturated carbocycles. The van der Waals surface area contributed by atoms with Crippen molar-refractivity contribution in [2.24, 2.45) is 0 Å². The SMILES string of the molecule is CN(C)CCCNc1nc2cc([N+](=O)[O-])ccc2nc1NCc1ccccc1C(F)(F)F. The number of nitrogens with one attached hydrogen (secondary N) is 2. The highest BCUT2D eigenvalue weighted by atomic mass is 19.4. The summed E-state index contributed by atoms with van der Waals surface area (Å²) in [5, 5.41) is 17.2. The number of anilines is 2. The van der Waals surface area contributed by atoms with E-state index in [1.807, 2.05) is 19.0 Å². The van der Waals surface area contributed by atoms with Gasteiger partial charge < -0.3 is 15.5 Å². The lowest BCUT2D eigenvalue weighted by Crippen LogP contribution is -2.18. The Labute approximate surface area is 182 Å². The second-order valence-electron chi connectivity index (χ2n) is 7.44. The van der Waals surface area contributed by atoms with E-state index in [1.165, 1.54) is 36.4 Å². The zero-order chi connectivity index (χ0) is 23.3. The molecule has 2 aromatic carbocycles. The minimum Gasteiger partial charge on any atom is -0.367 e. The Morgan fingerprint density at radius 3 is 2.41 bits per heavy atom. The molecule has 11 heteroatoms. The van der Waals surface area contributed by atoms with Crippen LogP contribution in [0.5, 0.6) is 0 Å². The third-order valence-electron chi connectivity index (χ3n) is 4.70. The maximum atomic E-state index is 13.3. The number of hydrogen-bond acceptors (Lipinski definition) is 7. The molecule has 0 spiro atoms. The Balaban J connectivity index is 1.90. The van der Waals surface area contributed by atoms with Crippen molar-refractivity contribution in [2.45, 2.75) is 19.1 Å². The molecule has 0 fully saturated rings. The summed E-state index contributed by atoms with van der Waals surface area (Å²) in [6, 6.07) is 9.40. The van der Waals surface area contributed by atoms with E-state index in [0.29, 0.717) is 23.4 Å². The molecule has 0 saturated heterocycles. The largest absolute Gasteiger partial charge is 0.416 e. The summed E-state index contributed by atoms with van der Waals surface area (Å²) in [4.78, 5) is 21.5. The van der Waals surface area contributed by atoms with Crippen LogP contribution in [0.2, 0.25) is 0 Å². The van der Waals surface area contributed by atoms with Gasteiger partial charge in [-0.3, -0.25) is 10.1 Å². The number of hydrogen-bond donors (Lipinski definition) is 2. The van der Waals surface area contributed by atoms with Gasteiger partial charge in [-0.05, 0) is 44.8 Å². The van der Waals surface area contributed by atoms with E-state index in [1.54, 1.807) is 0 Å². The molecule has 1 heterocycles. The molecule has 3 aromatic rings. The van der Waals surface area contributed by atoms with Gasteiger partial charge in [0.2, 0.25) is 0 Å². The predicted octanol–water partition coefficient (Wildman–Crippen LogP) is 4.53. The summed E-state index contributed by atoms with van der Waals surface area (Å²) in [7, 11) is 3.89. The Kier molecular flexibility index (Phi) is 7.08. The summed E-state index contributed by atoms with van der Waals surface area (Å²) in [6.07, 6.45) is -3.68. The number of non-ortho nitro benzene ring substituents is 1. The van der Waals surface area contributed by atoms with Crippen molar-refractivity contribution < 1.29 is 18.1 Å². The Morgan fingerprint density at radius 2 is 1.72 bits per heavy atom. The number of benzene rings is 2. The van der Waals surface area contributed by atoms with Crippen molar-refractivity contribution in [2.75, 3.05) is 37.8 Å². The molecule has 8 nitrogen and oxygen atoms in total. The maximum absolute atomic E-state index is 13.3. The van der Waals surface area contributed by atoms with Crippen LogP contribution < -0.4 is 10.6 Å². The highest BCUT2D eigenvalue weighted by molar-refractivity contribution is 5.82. The van der Waals surface area contributed by atoms with Crippen LogP contribution in [0.3, 0.4) is 0 Å². The summed E-state index contributed by atoms with van der Waals surface area (Å²) < 4.78 is 39.9. The fraction of sp³-hybridized carbons (Fsp3) is 0.333. The van der Waals surface area contributed by atoms with Gasteiger partial charge in [-0.25, -0.2) is 9.97 Å². The maximum Gasteiger partial charge on any atom is 0.416 e. The summed E-state index contributed by atoms with van der Waals surface area (Å²) in [6.45, 7) is 1.25. The molecule has 0 amide bonds. The van der Waals surface area contributed by atoms with Crippen molar-refractivity contribution in [1.82, 2.24) is 14.9 Å². The smallest absolute Gasteiger partial charge is 0.367 e. The molecule has 0 aliphatic carbocycles. The molecular formula is C21H23F3N6O2. The number of rotatable bonds is 9. The quantitative estimate of drug-likeness (QED) is 0.282. The monoisotopic (exact) mass is 448 g/mol. The van der Waals surface area contributed by atoms with Crippen LogP contribution in [0.15, 0.2) is 42.5 Å². The van der Waals surface area contributed by atoms with Gasteiger partial charge in [-0.2, -0.15) is 13.2 Å². The zero-order valence-corrected chi connectivity index (χ0v) is 17.6. The van der Waals surface area contributed by atoms with Gasteiger partial charge in [0.25, 0.3) is 5.69 Å². The number of fused-ring (bicyclic) bond motifs is 1. The Hall–Kier alpha value is -3.47. The first-order valence-electron chi connectivity index (χ1n) is 9.89. The van der Waals surface area contributed by atoms with Crippen LogP contribution in [0.1, 0.15) is 17.5 Å². The van der Waals surface area contributed by atoms with Crippen molar-refractivity contribution in [3.63, 3.8) is 0 Å². The van der Waals surface area contributed by atoms with E-state index >= 15 is 0 Å². The van der Waals surface area contributed by atoms with Gasteiger partial charge in [0.1, 0.15) is 0 Å². The van der Waals surface area contributed by atoms with E-state index < -0.39 is 16.7 Å². The summed E-state index contributed by atoms with van der Waals surface area (Å²) in [5.41, 5.74) is -0.0664. The van der Waals surface area contributed by atoms with Crippen molar-refractivity contribution >= 4 is 28.4 Å². The molecule has 2 N–H and O–H groups in total. The van der Waals surface area contributed by atoms with Crippen LogP contribution >= 0.6 is 0 Å². The van der Waals surface area contributed by atoms with Crippen LogP contribution in [0.25, 0.3) is 11.0 Å². The standard InChI is InChI=1S/C21H23F3N6O2/c1-29(2)11-5-10-25-19-20(26-13-14-6-3-4-7-16(14)21(22,23)24)27-17-9-8-15(30(31)32)12-18(17)28-19/h3-4,6-9,12H,5,10-11,13H2,1-2H3,(H,25,28)(H,26,27). The van der Waals surface area contributed by atoms with E-state index in [-0.39, 0.29) is 23.6 Å². The minimum atomic E-state index is -4.47. The van der Waals surface area contributed by atoms with Crippen molar-refractivity contribution in [3.8, 4) is 0 Å². The van der Waals surface area contributed by atoms with Gasteiger partial charge in [0.05, 0.1) is 21.5 Å².